The van der Waals surface area contributed by atoms with Crippen molar-refractivity contribution in [2.75, 3.05) is 45.8 Å². The van der Waals surface area contributed by atoms with E-state index in [1.165, 1.54) is 18.2 Å². The van der Waals surface area contributed by atoms with Gasteiger partial charge in [-0.25, -0.2) is 4.39 Å². The molecule has 1 aliphatic rings. The molecular weight excluding hydrogens is 399 g/mol. The van der Waals surface area contributed by atoms with Gasteiger partial charge in [-0.05, 0) is 17.7 Å². The van der Waals surface area contributed by atoms with Crippen LogP contribution in [0, 0.1) is 5.82 Å². The maximum absolute atomic E-state index is 13.6. The Hall–Kier alpha value is -2.81. The maximum atomic E-state index is 13.6. The summed E-state index contributed by atoms with van der Waals surface area (Å²) in [6.07, 6.45) is -0.753. The summed E-state index contributed by atoms with van der Waals surface area (Å²) in [6, 6.07) is 15.5. The lowest BCUT2D eigenvalue weighted by atomic mass is 10.2. The Morgan fingerprint density at radius 3 is 2.29 bits per heavy atom. The zero-order valence-electron chi connectivity index (χ0n) is 17.5. The molecule has 0 radical (unpaired) electrons. The van der Waals surface area contributed by atoms with Crippen molar-refractivity contribution in [1.29, 1.82) is 0 Å². The van der Waals surface area contributed by atoms with Gasteiger partial charge in [-0.2, -0.15) is 0 Å². The molecule has 3 N–H and O–H groups in total. The van der Waals surface area contributed by atoms with Crippen LogP contribution in [0.2, 0.25) is 0 Å². The van der Waals surface area contributed by atoms with Gasteiger partial charge >= 0.3 is 0 Å². The number of piperazine rings is 1. The van der Waals surface area contributed by atoms with E-state index in [-0.39, 0.29) is 18.0 Å². The van der Waals surface area contributed by atoms with Crippen LogP contribution in [-0.2, 0) is 11.3 Å². The molecule has 166 valence electrons. The summed E-state index contributed by atoms with van der Waals surface area (Å²) in [7, 11) is 0. The number of hydrogen-bond acceptors (Lipinski definition) is 5. The van der Waals surface area contributed by atoms with Crippen LogP contribution in [0.1, 0.15) is 15.9 Å². The van der Waals surface area contributed by atoms with Crippen LogP contribution in [0.25, 0.3) is 0 Å². The van der Waals surface area contributed by atoms with Gasteiger partial charge in [-0.1, -0.05) is 42.5 Å². The minimum atomic E-state index is -0.753. The molecule has 1 heterocycles. The van der Waals surface area contributed by atoms with E-state index in [4.69, 9.17) is 0 Å². The number of carbonyl (C=O) groups is 2. The highest BCUT2D eigenvalue weighted by Gasteiger charge is 2.21. The lowest BCUT2D eigenvalue weighted by Crippen LogP contribution is -2.51. The predicted octanol–water partition coefficient (Wildman–Crippen LogP) is 0.850. The van der Waals surface area contributed by atoms with Crippen molar-refractivity contribution in [2.24, 2.45) is 0 Å². The zero-order chi connectivity index (χ0) is 22.1. The molecule has 31 heavy (non-hydrogen) atoms. The van der Waals surface area contributed by atoms with Crippen LogP contribution in [0.4, 0.5) is 4.39 Å². The van der Waals surface area contributed by atoms with E-state index >= 15 is 0 Å². The van der Waals surface area contributed by atoms with Gasteiger partial charge in [-0.3, -0.25) is 19.4 Å². The van der Waals surface area contributed by atoms with Gasteiger partial charge in [0.2, 0.25) is 5.91 Å². The summed E-state index contributed by atoms with van der Waals surface area (Å²) in [6.45, 7) is 4.24. The monoisotopic (exact) mass is 428 g/mol. The molecule has 1 fully saturated rings. The van der Waals surface area contributed by atoms with Crippen molar-refractivity contribution in [2.45, 2.75) is 12.6 Å². The molecule has 3 rings (SSSR count). The van der Waals surface area contributed by atoms with Crippen molar-refractivity contribution in [3.05, 3.63) is 71.5 Å². The fraction of sp³-hybridized carbons (Fsp3) is 0.391. The Balaban J connectivity index is 1.31. The average Bonchev–Trinajstić information content (AvgIpc) is 2.78. The Morgan fingerprint density at radius 1 is 0.935 bits per heavy atom. The van der Waals surface area contributed by atoms with Gasteiger partial charge in [0.05, 0.1) is 18.2 Å². The molecule has 0 aromatic heterocycles. The third-order valence-corrected chi connectivity index (χ3v) is 5.25. The van der Waals surface area contributed by atoms with Crippen LogP contribution in [0.5, 0.6) is 0 Å². The van der Waals surface area contributed by atoms with E-state index in [1.54, 1.807) is 6.07 Å². The Bertz CT molecular complexity index is 857. The molecule has 0 bridgehead atoms. The number of benzene rings is 2. The van der Waals surface area contributed by atoms with Gasteiger partial charge in [0, 0.05) is 45.8 Å². The van der Waals surface area contributed by atoms with Crippen LogP contribution in [-0.4, -0.2) is 78.6 Å². The first-order chi connectivity index (χ1) is 15.0. The number of halogens is 1. The normalized spacial score (nSPS) is 15.9. The number of aliphatic hydroxyl groups excluding tert-OH is 1. The van der Waals surface area contributed by atoms with E-state index in [1.807, 2.05) is 30.3 Å². The number of nitrogens with one attached hydrogen (secondary N) is 2. The first-order valence-electron chi connectivity index (χ1n) is 10.5. The summed E-state index contributed by atoms with van der Waals surface area (Å²) in [5.41, 5.74) is 1.03. The fourth-order valence-electron chi connectivity index (χ4n) is 3.50. The molecular formula is C23H29FN4O3. The summed E-state index contributed by atoms with van der Waals surface area (Å²) in [5.74, 6) is -1.13. The molecule has 0 saturated carbocycles. The Morgan fingerprint density at radius 2 is 1.58 bits per heavy atom. The lowest BCUT2D eigenvalue weighted by Gasteiger charge is -2.35. The highest BCUT2D eigenvalue weighted by molar-refractivity contribution is 5.94. The molecule has 0 aliphatic carbocycles. The number of carbonyl (C=O) groups excluding carboxylic acids is 2. The summed E-state index contributed by atoms with van der Waals surface area (Å²) in [4.78, 5) is 28.4. The smallest absolute Gasteiger partial charge is 0.254 e. The van der Waals surface area contributed by atoms with Gasteiger partial charge in [0.15, 0.2) is 0 Å². The molecule has 1 unspecified atom stereocenters. The minimum absolute atomic E-state index is 0.00630. The Labute approximate surface area is 181 Å². The lowest BCUT2D eigenvalue weighted by molar-refractivity contribution is -0.122. The van der Waals surface area contributed by atoms with E-state index in [0.717, 1.165) is 31.7 Å². The largest absolute Gasteiger partial charge is 0.390 e. The van der Waals surface area contributed by atoms with Crippen molar-refractivity contribution in [1.82, 2.24) is 20.4 Å². The summed E-state index contributed by atoms with van der Waals surface area (Å²) in [5, 5.41) is 15.7. The van der Waals surface area contributed by atoms with Crippen LogP contribution in [0.3, 0.4) is 0 Å². The molecule has 7 nitrogen and oxygen atoms in total. The van der Waals surface area contributed by atoms with Crippen molar-refractivity contribution in [3.8, 4) is 0 Å². The van der Waals surface area contributed by atoms with Crippen LogP contribution in [0.15, 0.2) is 54.6 Å². The number of hydrogen-bond donors (Lipinski definition) is 3. The minimum Gasteiger partial charge on any atom is -0.390 e. The standard InChI is InChI=1S/C23H29FN4O3/c24-21-9-5-4-8-20(21)23(31)26-15-19(29)16-27-10-12-28(13-11-27)17-22(30)25-14-18-6-2-1-3-7-18/h1-9,19,29H,10-17H2,(H,25,30)(H,26,31). The van der Waals surface area contributed by atoms with E-state index in [0.29, 0.717) is 19.6 Å². The number of aliphatic hydroxyl groups is 1. The second-order valence-corrected chi connectivity index (χ2v) is 7.68. The topological polar surface area (TPSA) is 84.9 Å². The highest BCUT2D eigenvalue weighted by atomic mass is 19.1. The molecule has 1 saturated heterocycles. The molecule has 8 heteroatoms. The molecule has 2 aromatic carbocycles. The SMILES string of the molecule is O=C(CN1CCN(CC(O)CNC(=O)c2ccccc2F)CC1)NCc1ccccc1. The van der Waals surface area contributed by atoms with E-state index < -0.39 is 17.8 Å². The predicted molar refractivity (Wildman–Crippen MR) is 116 cm³/mol. The molecule has 0 spiro atoms. The number of β-amino-alcohol motifs (C(OH)–C–C–N with tert-alkyl or cyclic N) is 1. The fourth-order valence-corrected chi connectivity index (χ4v) is 3.50. The second kappa shape index (κ2) is 11.5. The van der Waals surface area contributed by atoms with Gasteiger partial charge < -0.3 is 15.7 Å². The quantitative estimate of drug-likeness (QED) is 0.552. The van der Waals surface area contributed by atoms with E-state index in [9.17, 15) is 19.1 Å². The molecule has 2 amide bonds. The molecule has 1 aliphatic heterocycles. The number of nitrogens with zero attached hydrogens (tertiary/aromatic N) is 2. The van der Waals surface area contributed by atoms with Crippen molar-refractivity contribution in [3.63, 3.8) is 0 Å². The van der Waals surface area contributed by atoms with Crippen LogP contribution >= 0.6 is 0 Å². The maximum Gasteiger partial charge on any atom is 0.254 e. The number of amides is 2. The van der Waals surface area contributed by atoms with Crippen molar-refractivity contribution < 1.29 is 19.1 Å². The van der Waals surface area contributed by atoms with Crippen molar-refractivity contribution >= 4 is 11.8 Å². The molecule has 2 aromatic rings. The van der Waals surface area contributed by atoms with Gasteiger partial charge in [0.1, 0.15) is 5.82 Å². The first-order valence-corrected chi connectivity index (χ1v) is 10.5. The summed E-state index contributed by atoms with van der Waals surface area (Å²) >= 11 is 0. The van der Waals surface area contributed by atoms with Gasteiger partial charge in [-0.15, -0.1) is 0 Å². The first kappa shape index (κ1) is 22.9. The highest BCUT2D eigenvalue weighted by Crippen LogP contribution is 2.06. The van der Waals surface area contributed by atoms with Crippen LogP contribution < -0.4 is 10.6 Å². The third kappa shape index (κ3) is 7.43. The Kier molecular flexibility index (Phi) is 8.52. The average molecular weight is 429 g/mol. The zero-order valence-corrected chi connectivity index (χ0v) is 17.5. The van der Waals surface area contributed by atoms with E-state index in [2.05, 4.69) is 20.4 Å². The van der Waals surface area contributed by atoms with Gasteiger partial charge in [0.25, 0.3) is 5.91 Å². The second-order valence-electron chi connectivity index (χ2n) is 7.68. The molecule has 1 atom stereocenters. The third-order valence-electron chi connectivity index (χ3n) is 5.25. The number of rotatable bonds is 9. The summed E-state index contributed by atoms with van der Waals surface area (Å²) < 4.78 is 13.6.